The van der Waals surface area contributed by atoms with Crippen LogP contribution in [0, 0.1) is 17.8 Å². The molecular weight excluding hydrogens is 431 g/mol. The molecule has 0 radical (unpaired) electrons. The predicted octanol–water partition coefficient (Wildman–Crippen LogP) is 3.94. The number of carbonyl (C=O) groups excluding carboxylic acids is 1. The average Bonchev–Trinajstić information content (AvgIpc) is 2.18. The van der Waals surface area contributed by atoms with Gasteiger partial charge < -0.3 is 11.2 Å². The Hall–Kier alpha value is -1.59. The molecule has 0 saturated carbocycles. The number of Topliss-reactive ketones (excluding diaryl/α,β-unsaturated/α-hetero) is 1. The van der Waals surface area contributed by atoms with Gasteiger partial charge >= 0.3 is 0 Å². The summed E-state index contributed by atoms with van der Waals surface area (Å²) in [5.41, 5.74) is 1.48. The van der Waals surface area contributed by atoms with Gasteiger partial charge in [-0.1, -0.05) is 25.5 Å². The van der Waals surface area contributed by atoms with Crippen LogP contribution >= 0.6 is 0 Å². The molecule has 0 bridgehead atoms. The summed E-state index contributed by atoms with van der Waals surface area (Å²) in [6.45, 7) is 8.55. The molecule has 0 saturated heterocycles. The van der Waals surface area contributed by atoms with Gasteiger partial charge in [-0.15, -0.1) is 6.42 Å². The minimum atomic E-state index is 0. The molecule has 2 heteroatoms. The monoisotopic (exact) mass is 450 g/mol. The van der Waals surface area contributed by atoms with E-state index in [2.05, 4.69) is 26.8 Å². The van der Waals surface area contributed by atoms with Crippen molar-refractivity contribution in [3.8, 4) is 0 Å². The van der Waals surface area contributed by atoms with E-state index in [0.29, 0.717) is 12.2 Å². The van der Waals surface area contributed by atoms with E-state index in [-0.39, 0.29) is 11.3 Å². The SMILES string of the molecule is C[CH-]CC(=O)C1C(C)=CCCC1(C)CC.[Cm]. The van der Waals surface area contributed by atoms with E-state index >= 15 is 0 Å². The maximum atomic E-state index is 12.1. The van der Waals surface area contributed by atoms with Gasteiger partial charge in [0.2, 0.25) is 0 Å². The van der Waals surface area contributed by atoms with Crippen LogP contribution in [0.15, 0.2) is 11.6 Å². The van der Waals surface area contributed by atoms with Crippen LogP contribution < -0.4 is 0 Å². The summed E-state index contributed by atoms with van der Waals surface area (Å²) in [4.78, 5) is 12.1. The van der Waals surface area contributed by atoms with Crippen LogP contribution in [0.1, 0.15) is 53.4 Å². The van der Waals surface area contributed by atoms with Crippen LogP contribution in [0.3, 0.4) is 0 Å². The summed E-state index contributed by atoms with van der Waals surface area (Å²) in [7, 11) is 0. The van der Waals surface area contributed by atoms with E-state index in [4.69, 9.17) is 0 Å². The second-order valence-corrected chi connectivity index (χ2v) is 5.01. The third-order valence-corrected chi connectivity index (χ3v) is 3.87. The summed E-state index contributed by atoms with van der Waals surface area (Å²) >= 11 is 0. The molecule has 94 valence electrons. The molecule has 0 heterocycles. The van der Waals surface area contributed by atoms with Crippen molar-refractivity contribution in [2.24, 2.45) is 11.3 Å². The Kier molecular flexibility index (Phi) is 4.94. The molecular formula is C14H23CmO-. The van der Waals surface area contributed by atoms with Crippen LogP contribution in [0.2, 0.25) is 0 Å². The van der Waals surface area contributed by atoms with Gasteiger partial charge in [-0.3, -0.25) is 0 Å². The topological polar surface area (TPSA) is 17.1 Å². The van der Waals surface area contributed by atoms with Gasteiger partial charge in [-0.2, -0.15) is 6.92 Å². The zero-order valence-corrected chi connectivity index (χ0v) is 13.8. The maximum Gasteiger partial charge on any atom is 0.111 e. The normalized spacial score (nSPS) is 29.2. The summed E-state index contributed by atoms with van der Waals surface area (Å²) in [5, 5.41) is 0. The van der Waals surface area contributed by atoms with Crippen molar-refractivity contribution in [1.82, 2.24) is 0 Å². The van der Waals surface area contributed by atoms with E-state index in [0.717, 1.165) is 19.3 Å². The summed E-state index contributed by atoms with van der Waals surface area (Å²) in [6, 6.07) is 0. The van der Waals surface area contributed by atoms with E-state index in [9.17, 15) is 4.79 Å². The van der Waals surface area contributed by atoms with Crippen molar-refractivity contribution in [3.63, 3.8) is 0 Å². The molecule has 0 N–H and O–H groups in total. The summed E-state index contributed by atoms with van der Waals surface area (Å²) < 4.78 is 0. The van der Waals surface area contributed by atoms with Crippen molar-refractivity contribution >= 4 is 5.78 Å². The van der Waals surface area contributed by atoms with Crippen LogP contribution in [0.25, 0.3) is 0 Å². The van der Waals surface area contributed by atoms with Crippen LogP contribution in [0.4, 0.5) is 0 Å². The number of hydrogen-bond donors (Lipinski definition) is 0. The number of carbonyl (C=O) groups is 1. The molecule has 0 aromatic rings. The first kappa shape index (κ1) is 14.4. The van der Waals surface area contributed by atoms with Crippen LogP contribution in [-0.4, -0.2) is 5.78 Å². The summed E-state index contributed by atoms with van der Waals surface area (Å²) in [6.07, 6.45) is 8.22. The molecule has 1 aliphatic carbocycles. The van der Waals surface area contributed by atoms with E-state index in [1.54, 1.807) is 0 Å². The second-order valence-electron chi connectivity index (χ2n) is 5.01. The van der Waals surface area contributed by atoms with E-state index in [1.807, 2.05) is 13.3 Å². The zero-order chi connectivity index (χ0) is 11.5. The smallest absolute Gasteiger partial charge is 0.111 e. The largest absolute Gasteiger partial charge is 0.324 e. The molecule has 2 unspecified atom stereocenters. The molecule has 1 rings (SSSR count). The van der Waals surface area contributed by atoms with Crippen molar-refractivity contribution in [1.29, 1.82) is 0 Å². The third-order valence-electron chi connectivity index (χ3n) is 3.87. The Labute approximate surface area is 93.9 Å². The Bertz CT molecular complexity index is 270. The first-order chi connectivity index (χ1) is 7.05. The van der Waals surface area contributed by atoms with Gasteiger partial charge in [-0.25, -0.2) is 0 Å². The van der Waals surface area contributed by atoms with Crippen LogP contribution in [0.5, 0.6) is 0 Å². The predicted molar refractivity (Wildman–Crippen MR) is 64.5 cm³/mol. The Balaban J connectivity index is 0.00000225. The van der Waals surface area contributed by atoms with Gasteiger partial charge in [0, 0.05) is 5.92 Å². The van der Waals surface area contributed by atoms with E-state index in [1.165, 1.54) is 5.57 Å². The van der Waals surface area contributed by atoms with Gasteiger partial charge in [0.1, 0.15) is 5.78 Å². The van der Waals surface area contributed by atoms with Crippen LogP contribution in [-0.2, 0) is 4.79 Å². The van der Waals surface area contributed by atoms with Gasteiger partial charge in [0.05, 0.1) is 0 Å². The second kappa shape index (κ2) is 5.48. The minimum Gasteiger partial charge on any atom is -0.324 e. The molecule has 0 spiro atoms. The molecule has 16 heavy (non-hydrogen) atoms. The van der Waals surface area contributed by atoms with Crippen molar-refractivity contribution in [2.75, 3.05) is 0 Å². The fraction of sp³-hybridized carbons (Fsp3) is 0.714. The number of allylic oxidation sites excluding steroid dienone is 2. The molecule has 1 aliphatic rings. The molecule has 0 aromatic heterocycles. The maximum absolute atomic E-state index is 12.1. The summed E-state index contributed by atoms with van der Waals surface area (Å²) in [5.74, 6) is 0.558. The first-order valence-corrected chi connectivity index (χ1v) is 6.02. The zero-order valence-electron chi connectivity index (χ0n) is 10.8. The fourth-order valence-electron chi connectivity index (χ4n) is 2.78. The number of ketones is 1. The quantitative estimate of drug-likeness (QED) is 0.465. The molecule has 0 aliphatic heterocycles. The van der Waals surface area contributed by atoms with Crippen molar-refractivity contribution in [2.45, 2.75) is 53.4 Å². The Morgan fingerprint density at radius 3 is 2.75 bits per heavy atom. The van der Waals surface area contributed by atoms with Crippen molar-refractivity contribution in [3.05, 3.63) is 18.1 Å². The molecule has 0 aromatic carbocycles. The minimum absolute atomic E-state index is 0. The Morgan fingerprint density at radius 1 is 1.62 bits per heavy atom. The third kappa shape index (κ3) is 2.50. The van der Waals surface area contributed by atoms with Gasteiger partial charge in [0.15, 0.2) is 0 Å². The fourth-order valence-corrected chi connectivity index (χ4v) is 2.78. The molecule has 1 nitrogen and oxygen atoms in total. The molecule has 2 atom stereocenters. The Morgan fingerprint density at radius 2 is 2.25 bits per heavy atom. The standard InChI is InChI=1S/C14H23O.Cm/c1-5-8-12(15)13-11(3)9-7-10-14(13,4)6-2;/h5,9,13H,6-8,10H2,1-4H3;/q-1;. The first-order valence-electron chi connectivity index (χ1n) is 6.02. The number of hydrogen-bond acceptors (Lipinski definition) is 1. The average molecular weight is 454 g/mol. The van der Waals surface area contributed by atoms with Gasteiger partial charge in [-0.05, 0) is 31.6 Å². The molecule has 0 fully saturated rings. The van der Waals surface area contributed by atoms with Crippen molar-refractivity contribution < 1.29 is 4.79 Å². The number of rotatable bonds is 4. The van der Waals surface area contributed by atoms with Gasteiger partial charge in [0.25, 0.3) is 0 Å². The van der Waals surface area contributed by atoms with E-state index < -0.39 is 0 Å². The molecule has 0 amide bonds.